The highest BCUT2D eigenvalue weighted by Crippen LogP contribution is 2.25. The molecule has 2 nitrogen and oxygen atoms in total. The van der Waals surface area contributed by atoms with Gasteiger partial charge in [0.1, 0.15) is 3.70 Å². The number of hydrogen-bond donors (Lipinski definition) is 1. The minimum Gasteiger partial charge on any atom is -0.271 e. The van der Waals surface area contributed by atoms with Crippen molar-refractivity contribution in [1.29, 1.82) is 0 Å². The molecule has 0 bridgehead atoms. The normalized spacial score (nSPS) is 11.4. The van der Waals surface area contributed by atoms with Gasteiger partial charge in [0.25, 0.3) is 0 Å². The highest BCUT2D eigenvalue weighted by Gasteiger charge is 2.08. The van der Waals surface area contributed by atoms with Crippen LogP contribution < -0.4 is 0 Å². The van der Waals surface area contributed by atoms with Crippen LogP contribution in [0.25, 0.3) is 10.9 Å². The number of halogens is 1. The minimum atomic E-state index is 0.530. The fraction of sp³-hybridized carbons (Fsp3) is 0.300. The molecule has 0 fully saturated rings. The molecule has 0 amide bonds. The lowest BCUT2D eigenvalue weighted by Gasteiger charge is -2.04. The average Bonchev–Trinajstić information content (AvgIpc) is 2.48. The average molecular weight is 286 g/mol. The van der Waals surface area contributed by atoms with Crippen molar-refractivity contribution >= 4 is 33.5 Å². The first-order valence-electron chi connectivity index (χ1n) is 4.32. The van der Waals surface area contributed by atoms with Crippen molar-refractivity contribution in [2.24, 2.45) is 0 Å². The van der Waals surface area contributed by atoms with Crippen molar-refractivity contribution < 1.29 is 0 Å². The molecule has 0 aliphatic carbocycles. The third-order valence-corrected chi connectivity index (χ3v) is 3.01. The van der Waals surface area contributed by atoms with Crippen LogP contribution in [0.15, 0.2) is 18.2 Å². The van der Waals surface area contributed by atoms with Crippen molar-refractivity contribution in [3.8, 4) is 0 Å². The first-order chi connectivity index (χ1) is 6.20. The van der Waals surface area contributed by atoms with Crippen molar-refractivity contribution in [1.82, 2.24) is 10.2 Å². The summed E-state index contributed by atoms with van der Waals surface area (Å²) in [6.07, 6.45) is 0. The molecule has 0 saturated heterocycles. The van der Waals surface area contributed by atoms with Gasteiger partial charge in [-0.3, -0.25) is 5.10 Å². The molecular formula is C10H11IN2. The molecule has 13 heavy (non-hydrogen) atoms. The molecule has 3 heteroatoms. The van der Waals surface area contributed by atoms with E-state index in [0.29, 0.717) is 5.92 Å². The molecule has 0 spiro atoms. The molecule has 68 valence electrons. The Morgan fingerprint density at radius 2 is 2.15 bits per heavy atom. The molecule has 1 heterocycles. The molecule has 0 atom stereocenters. The third kappa shape index (κ3) is 1.45. The summed E-state index contributed by atoms with van der Waals surface area (Å²) >= 11 is 2.28. The Bertz CT molecular complexity index is 431. The van der Waals surface area contributed by atoms with Gasteiger partial charge >= 0.3 is 0 Å². The van der Waals surface area contributed by atoms with Crippen LogP contribution in [0.5, 0.6) is 0 Å². The number of para-hydroxylation sites is 1. The zero-order chi connectivity index (χ0) is 9.42. The van der Waals surface area contributed by atoms with Crippen LogP contribution in [0.1, 0.15) is 25.3 Å². The molecule has 0 aliphatic rings. The zero-order valence-electron chi connectivity index (χ0n) is 7.63. The monoisotopic (exact) mass is 286 g/mol. The van der Waals surface area contributed by atoms with E-state index in [1.54, 1.807) is 0 Å². The van der Waals surface area contributed by atoms with Gasteiger partial charge in [-0.05, 0) is 34.1 Å². The fourth-order valence-electron chi connectivity index (χ4n) is 1.49. The summed E-state index contributed by atoms with van der Waals surface area (Å²) in [5.74, 6) is 0.530. The van der Waals surface area contributed by atoms with E-state index in [9.17, 15) is 0 Å². The smallest absolute Gasteiger partial charge is 0.104 e. The number of hydrogen-bond acceptors (Lipinski definition) is 1. The molecule has 0 saturated carbocycles. The van der Waals surface area contributed by atoms with Gasteiger partial charge in [-0.1, -0.05) is 32.0 Å². The lowest BCUT2D eigenvalue weighted by atomic mass is 10.0. The Labute approximate surface area is 90.9 Å². The third-order valence-electron chi connectivity index (χ3n) is 2.19. The molecule has 0 unspecified atom stereocenters. The van der Waals surface area contributed by atoms with E-state index < -0.39 is 0 Å². The van der Waals surface area contributed by atoms with Crippen molar-refractivity contribution in [2.45, 2.75) is 19.8 Å². The Kier molecular flexibility index (Phi) is 2.27. The molecule has 1 N–H and O–H groups in total. The van der Waals surface area contributed by atoms with Gasteiger partial charge in [-0.15, -0.1) is 0 Å². The van der Waals surface area contributed by atoms with E-state index in [4.69, 9.17) is 0 Å². The molecule has 0 radical (unpaired) electrons. The van der Waals surface area contributed by atoms with E-state index in [0.717, 1.165) is 9.22 Å². The fourth-order valence-corrected chi connectivity index (χ4v) is 2.05. The van der Waals surface area contributed by atoms with E-state index >= 15 is 0 Å². The van der Waals surface area contributed by atoms with Crippen LogP contribution in [0.2, 0.25) is 0 Å². The molecular weight excluding hydrogens is 275 g/mol. The van der Waals surface area contributed by atoms with Crippen LogP contribution in [-0.4, -0.2) is 10.2 Å². The highest BCUT2D eigenvalue weighted by molar-refractivity contribution is 14.1. The van der Waals surface area contributed by atoms with Crippen molar-refractivity contribution in [3.05, 3.63) is 27.5 Å². The summed E-state index contributed by atoms with van der Waals surface area (Å²) in [7, 11) is 0. The van der Waals surface area contributed by atoms with Crippen LogP contribution >= 0.6 is 22.6 Å². The molecule has 0 aliphatic heterocycles. The number of fused-ring (bicyclic) bond motifs is 1. The summed E-state index contributed by atoms with van der Waals surface area (Å²) in [4.78, 5) is 0. The Hall–Kier alpha value is -0.580. The van der Waals surface area contributed by atoms with Gasteiger partial charge < -0.3 is 0 Å². The van der Waals surface area contributed by atoms with Crippen LogP contribution in [0.4, 0.5) is 0 Å². The second-order valence-electron chi connectivity index (χ2n) is 3.44. The van der Waals surface area contributed by atoms with Crippen molar-refractivity contribution in [3.63, 3.8) is 0 Å². The summed E-state index contributed by atoms with van der Waals surface area (Å²) in [5.41, 5.74) is 2.43. The number of aromatic nitrogens is 2. The second-order valence-corrected chi connectivity index (χ2v) is 4.51. The lowest BCUT2D eigenvalue weighted by molar-refractivity contribution is 0.871. The van der Waals surface area contributed by atoms with Crippen molar-refractivity contribution in [2.75, 3.05) is 0 Å². The number of H-pyrrole nitrogens is 1. The topological polar surface area (TPSA) is 28.7 Å². The Morgan fingerprint density at radius 3 is 2.85 bits per heavy atom. The first-order valence-corrected chi connectivity index (χ1v) is 5.40. The number of benzene rings is 1. The molecule has 2 rings (SSSR count). The van der Waals surface area contributed by atoms with Gasteiger partial charge in [0, 0.05) is 5.39 Å². The largest absolute Gasteiger partial charge is 0.271 e. The number of nitrogens with one attached hydrogen (secondary N) is 1. The molecule has 1 aromatic heterocycles. The van der Waals surface area contributed by atoms with Crippen LogP contribution in [0, 0.1) is 3.70 Å². The SMILES string of the molecule is CC(C)c1cccc2c(I)[nH]nc12. The van der Waals surface area contributed by atoms with Gasteiger partial charge in [-0.25, -0.2) is 0 Å². The number of rotatable bonds is 1. The highest BCUT2D eigenvalue weighted by atomic mass is 127. The predicted molar refractivity (Wildman–Crippen MR) is 62.9 cm³/mol. The summed E-state index contributed by atoms with van der Waals surface area (Å²) < 4.78 is 1.12. The van der Waals surface area contributed by atoms with Gasteiger partial charge in [-0.2, -0.15) is 5.10 Å². The Morgan fingerprint density at radius 1 is 1.38 bits per heavy atom. The predicted octanol–water partition coefficient (Wildman–Crippen LogP) is 3.29. The molecule has 1 aromatic carbocycles. The summed E-state index contributed by atoms with van der Waals surface area (Å²) in [6, 6.07) is 6.34. The molecule has 2 aromatic rings. The van der Waals surface area contributed by atoms with E-state index in [2.05, 4.69) is 64.8 Å². The Balaban J connectivity index is 2.77. The summed E-state index contributed by atoms with van der Waals surface area (Å²) in [5, 5.41) is 8.54. The number of nitrogens with zero attached hydrogens (tertiary/aromatic N) is 1. The lowest BCUT2D eigenvalue weighted by Crippen LogP contribution is -1.88. The maximum Gasteiger partial charge on any atom is 0.104 e. The van der Waals surface area contributed by atoms with Gasteiger partial charge in [0.15, 0.2) is 0 Å². The zero-order valence-corrected chi connectivity index (χ0v) is 9.79. The van der Waals surface area contributed by atoms with E-state index in [1.807, 2.05) is 0 Å². The van der Waals surface area contributed by atoms with Crippen LogP contribution in [0.3, 0.4) is 0 Å². The standard InChI is InChI=1S/C10H11IN2/c1-6(2)7-4-3-5-8-9(7)12-13-10(8)11/h3-6H,1-2H3,(H,12,13). The van der Waals surface area contributed by atoms with Gasteiger partial charge in [0.2, 0.25) is 0 Å². The second kappa shape index (κ2) is 3.29. The van der Waals surface area contributed by atoms with Gasteiger partial charge in [0.05, 0.1) is 5.52 Å². The van der Waals surface area contributed by atoms with Crippen LogP contribution in [-0.2, 0) is 0 Å². The maximum absolute atomic E-state index is 4.31. The number of aromatic amines is 1. The van der Waals surface area contributed by atoms with E-state index in [-0.39, 0.29) is 0 Å². The maximum atomic E-state index is 4.31. The quantitative estimate of drug-likeness (QED) is 0.801. The summed E-state index contributed by atoms with van der Waals surface area (Å²) in [6.45, 7) is 4.38. The minimum absolute atomic E-state index is 0.530. The van der Waals surface area contributed by atoms with E-state index in [1.165, 1.54) is 10.9 Å². The first kappa shape index (κ1) is 8.99.